The van der Waals surface area contributed by atoms with Crippen LogP contribution >= 0.6 is 15.9 Å². The zero-order valence-corrected chi connectivity index (χ0v) is 14.1. The molecule has 0 aliphatic carbocycles. The van der Waals surface area contributed by atoms with Crippen molar-refractivity contribution in [2.75, 3.05) is 13.6 Å². The van der Waals surface area contributed by atoms with Crippen molar-refractivity contribution in [3.63, 3.8) is 0 Å². The summed E-state index contributed by atoms with van der Waals surface area (Å²) in [6.07, 6.45) is 1.97. The number of hydrogen-bond donors (Lipinski definition) is 0. The fourth-order valence-electron chi connectivity index (χ4n) is 2.35. The minimum absolute atomic E-state index is 0.0764. The van der Waals surface area contributed by atoms with E-state index >= 15 is 0 Å². The van der Waals surface area contributed by atoms with E-state index in [1.807, 2.05) is 38.2 Å². The second-order valence-electron chi connectivity index (χ2n) is 5.33. The Morgan fingerprint density at radius 1 is 1.14 bits per heavy atom. The van der Waals surface area contributed by atoms with Crippen LogP contribution in [-0.2, 0) is 6.42 Å². The van der Waals surface area contributed by atoms with Crippen molar-refractivity contribution in [2.24, 2.45) is 0 Å². The molecule has 2 aromatic carbocycles. The Morgan fingerprint density at radius 2 is 1.86 bits per heavy atom. The van der Waals surface area contributed by atoms with E-state index in [9.17, 15) is 4.79 Å². The Balaban J connectivity index is 1.90. The largest absolute Gasteiger partial charge is 0.342 e. The van der Waals surface area contributed by atoms with Crippen LogP contribution in [0.5, 0.6) is 0 Å². The zero-order chi connectivity index (χ0) is 15.2. The van der Waals surface area contributed by atoms with Gasteiger partial charge in [0.15, 0.2) is 0 Å². The van der Waals surface area contributed by atoms with Crippen molar-refractivity contribution >= 4 is 21.8 Å². The van der Waals surface area contributed by atoms with Crippen molar-refractivity contribution in [3.05, 3.63) is 69.7 Å². The molecule has 3 heteroatoms. The van der Waals surface area contributed by atoms with Crippen molar-refractivity contribution in [1.29, 1.82) is 0 Å². The van der Waals surface area contributed by atoms with Crippen molar-refractivity contribution < 1.29 is 4.79 Å². The standard InChI is InChI=1S/C18H20BrNO/c1-14-11-16(13-17(19)12-14)18(21)20(2)10-6-9-15-7-4-3-5-8-15/h3-5,7-8,11-13H,6,9-10H2,1-2H3. The molecule has 0 radical (unpaired) electrons. The monoisotopic (exact) mass is 345 g/mol. The second kappa shape index (κ2) is 7.41. The van der Waals surface area contributed by atoms with Gasteiger partial charge < -0.3 is 4.90 Å². The van der Waals surface area contributed by atoms with Crippen LogP contribution < -0.4 is 0 Å². The molecule has 0 unspecified atom stereocenters. The number of halogens is 1. The molecule has 1 amide bonds. The number of rotatable bonds is 5. The molecular formula is C18H20BrNO. The van der Waals surface area contributed by atoms with Crippen molar-refractivity contribution in [3.8, 4) is 0 Å². The molecule has 21 heavy (non-hydrogen) atoms. The summed E-state index contributed by atoms with van der Waals surface area (Å²) in [5.74, 6) is 0.0764. The first-order chi connectivity index (χ1) is 10.1. The molecule has 0 heterocycles. The first-order valence-electron chi connectivity index (χ1n) is 7.13. The van der Waals surface area contributed by atoms with E-state index in [1.54, 1.807) is 4.90 Å². The first kappa shape index (κ1) is 15.8. The lowest BCUT2D eigenvalue weighted by Gasteiger charge is -2.17. The average Bonchev–Trinajstić information content (AvgIpc) is 2.46. The average molecular weight is 346 g/mol. The van der Waals surface area contributed by atoms with Gasteiger partial charge in [0.1, 0.15) is 0 Å². The predicted molar refractivity (Wildman–Crippen MR) is 90.6 cm³/mol. The molecular weight excluding hydrogens is 326 g/mol. The number of amides is 1. The highest BCUT2D eigenvalue weighted by Crippen LogP contribution is 2.16. The smallest absolute Gasteiger partial charge is 0.253 e. The Morgan fingerprint density at radius 3 is 2.52 bits per heavy atom. The topological polar surface area (TPSA) is 20.3 Å². The number of carbonyl (C=O) groups is 1. The highest BCUT2D eigenvalue weighted by atomic mass is 79.9. The predicted octanol–water partition coefficient (Wildman–Crippen LogP) is 4.46. The Kier molecular flexibility index (Phi) is 5.57. The molecule has 2 rings (SSSR count). The van der Waals surface area contributed by atoms with Gasteiger partial charge >= 0.3 is 0 Å². The number of aryl methyl sites for hydroxylation is 2. The van der Waals surface area contributed by atoms with Crippen LogP contribution in [-0.4, -0.2) is 24.4 Å². The molecule has 0 saturated heterocycles. The molecule has 0 bridgehead atoms. The third-order valence-corrected chi connectivity index (χ3v) is 3.90. The summed E-state index contributed by atoms with van der Waals surface area (Å²) in [5, 5.41) is 0. The normalized spacial score (nSPS) is 10.4. The lowest BCUT2D eigenvalue weighted by molar-refractivity contribution is 0.0793. The van der Waals surface area contributed by atoms with Gasteiger partial charge in [0, 0.05) is 23.6 Å². The summed E-state index contributed by atoms with van der Waals surface area (Å²) in [6, 6.07) is 16.2. The van der Waals surface area contributed by atoms with E-state index in [1.165, 1.54) is 5.56 Å². The molecule has 0 saturated carbocycles. The summed E-state index contributed by atoms with van der Waals surface area (Å²) in [6.45, 7) is 2.76. The second-order valence-corrected chi connectivity index (χ2v) is 6.25. The fourth-order valence-corrected chi connectivity index (χ4v) is 2.95. The SMILES string of the molecule is Cc1cc(Br)cc(C(=O)N(C)CCCc2ccccc2)c1. The van der Waals surface area contributed by atoms with Crippen LogP contribution in [0, 0.1) is 6.92 Å². The number of nitrogens with zero attached hydrogens (tertiary/aromatic N) is 1. The lowest BCUT2D eigenvalue weighted by atomic mass is 10.1. The summed E-state index contributed by atoms with van der Waals surface area (Å²) in [4.78, 5) is 14.2. The maximum atomic E-state index is 12.4. The molecule has 2 aromatic rings. The maximum absolute atomic E-state index is 12.4. The first-order valence-corrected chi connectivity index (χ1v) is 7.92. The van der Waals surface area contributed by atoms with Crippen LogP contribution in [0.15, 0.2) is 53.0 Å². The molecule has 0 spiro atoms. The van der Waals surface area contributed by atoms with Gasteiger partial charge in [-0.1, -0.05) is 46.3 Å². The van der Waals surface area contributed by atoms with Crippen LogP contribution in [0.3, 0.4) is 0 Å². The Hall–Kier alpha value is -1.61. The number of benzene rings is 2. The summed E-state index contributed by atoms with van der Waals surface area (Å²) in [7, 11) is 1.86. The summed E-state index contributed by atoms with van der Waals surface area (Å²) in [5.41, 5.74) is 3.14. The maximum Gasteiger partial charge on any atom is 0.253 e. The van der Waals surface area contributed by atoms with E-state index in [0.29, 0.717) is 0 Å². The highest BCUT2D eigenvalue weighted by molar-refractivity contribution is 9.10. The molecule has 110 valence electrons. The van der Waals surface area contributed by atoms with Crippen LogP contribution in [0.1, 0.15) is 27.9 Å². The molecule has 0 fully saturated rings. The van der Waals surface area contributed by atoms with Gasteiger partial charge in [-0.05, 0) is 49.1 Å². The molecule has 2 nitrogen and oxygen atoms in total. The van der Waals surface area contributed by atoms with Gasteiger partial charge in [0.25, 0.3) is 5.91 Å². The zero-order valence-electron chi connectivity index (χ0n) is 12.5. The number of hydrogen-bond acceptors (Lipinski definition) is 1. The summed E-state index contributed by atoms with van der Waals surface area (Å²) < 4.78 is 0.948. The Labute approximate surface area is 134 Å². The Bertz CT molecular complexity index is 590. The molecule has 0 atom stereocenters. The third kappa shape index (κ3) is 4.71. The minimum atomic E-state index is 0.0764. The lowest BCUT2D eigenvalue weighted by Crippen LogP contribution is -2.28. The molecule has 0 aliphatic rings. The summed E-state index contributed by atoms with van der Waals surface area (Å²) >= 11 is 3.44. The molecule has 0 aromatic heterocycles. The van der Waals surface area contributed by atoms with Crippen LogP contribution in [0.4, 0.5) is 0 Å². The van der Waals surface area contributed by atoms with Crippen LogP contribution in [0.25, 0.3) is 0 Å². The fraction of sp³-hybridized carbons (Fsp3) is 0.278. The van der Waals surface area contributed by atoms with E-state index in [4.69, 9.17) is 0 Å². The van der Waals surface area contributed by atoms with Crippen molar-refractivity contribution in [2.45, 2.75) is 19.8 Å². The van der Waals surface area contributed by atoms with Gasteiger partial charge in [-0.2, -0.15) is 0 Å². The quantitative estimate of drug-likeness (QED) is 0.783. The highest BCUT2D eigenvalue weighted by Gasteiger charge is 2.12. The van der Waals surface area contributed by atoms with E-state index in [0.717, 1.165) is 35.0 Å². The van der Waals surface area contributed by atoms with Gasteiger partial charge in [-0.3, -0.25) is 4.79 Å². The van der Waals surface area contributed by atoms with E-state index in [2.05, 4.69) is 40.2 Å². The molecule has 0 aliphatic heterocycles. The number of carbonyl (C=O) groups excluding carboxylic acids is 1. The van der Waals surface area contributed by atoms with Gasteiger partial charge in [0.2, 0.25) is 0 Å². The minimum Gasteiger partial charge on any atom is -0.342 e. The van der Waals surface area contributed by atoms with Gasteiger partial charge in [0.05, 0.1) is 0 Å². The van der Waals surface area contributed by atoms with Crippen molar-refractivity contribution in [1.82, 2.24) is 4.90 Å². The third-order valence-electron chi connectivity index (χ3n) is 3.44. The van der Waals surface area contributed by atoms with E-state index < -0.39 is 0 Å². The van der Waals surface area contributed by atoms with E-state index in [-0.39, 0.29) is 5.91 Å². The molecule has 0 N–H and O–H groups in total. The van der Waals surface area contributed by atoms with Crippen LogP contribution in [0.2, 0.25) is 0 Å². The van der Waals surface area contributed by atoms with Gasteiger partial charge in [-0.25, -0.2) is 0 Å². The van der Waals surface area contributed by atoms with Gasteiger partial charge in [-0.15, -0.1) is 0 Å².